The molecule has 0 aliphatic rings. The molecule has 6 heteroatoms. The van der Waals surface area contributed by atoms with Crippen molar-refractivity contribution < 1.29 is 19.1 Å². The van der Waals surface area contributed by atoms with E-state index in [0.29, 0.717) is 19.4 Å². The number of amides is 2. The zero-order valence-electron chi connectivity index (χ0n) is 12.2. The molecule has 0 fully saturated rings. The Morgan fingerprint density at radius 1 is 1.50 bits per heavy atom. The van der Waals surface area contributed by atoms with E-state index in [9.17, 15) is 9.59 Å². The number of furan rings is 1. The van der Waals surface area contributed by atoms with E-state index < -0.39 is 5.97 Å². The van der Waals surface area contributed by atoms with Crippen molar-refractivity contribution in [2.75, 3.05) is 7.05 Å². The minimum Gasteiger partial charge on any atom is -0.481 e. The van der Waals surface area contributed by atoms with Crippen molar-refractivity contribution in [3.8, 4) is 0 Å². The summed E-state index contributed by atoms with van der Waals surface area (Å²) in [4.78, 5) is 23.9. The topological polar surface area (TPSA) is 82.8 Å². The van der Waals surface area contributed by atoms with Gasteiger partial charge in [-0.2, -0.15) is 0 Å². The molecule has 0 saturated carbocycles. The van der Waals surface area contributed by atoms with Crippen molar-refractivity contribution in [1.29, 1.82) is 0 Å². The van der Waals surface area contributed by atoms with E-state index in [1.165, 1.54) is 0 Å². The zero-order valence-corrected chi connectivity index (χ0v) is 12.2. The van der Waals surface area contributed by atoms with Crippen LogP contribution in [0.2, 0.25) is 0 Å². The Kier molecular flexibility index (Phi) is 6.09. The van der Waals surface area contributed by atoms with Gasteiger partial charge < -0.3 is 19.7 Å². The first kappa shape index (κ1) is 16.1. The number of carboxylic acids is 1. The van der Waals surface area contributed by atoms with E-state index in [2.05, 4.69) is 5.32 Å². The van der Waals surface area contributed by atoms with Gasteiger partial charge in [-0.1, -0.05) is 0 Å². The van der Waals surface area contributed by atoms with Gasteiger partial charge in [0.1, 0.15) is 5.76 Å². The summed E-state index contributed by atoms with van der Waals surface area (Å²) in [6.45, 7) is 4.21. The van der Waals surface area contributed by atoms with Gasteiger partial charge in [-0.3, -0.25) is 4.79 Å². The van der Waals surface area contributed by atoms with Crippen molar-refractivity contribution >= 4 is 12.0 Å². The smallest absolute Gasteiger partial charge is 0.317 e. The molecule has 2 amide bonds. The van der Waals surface area contributed by atoms with Crippen LogP contribution >= 0.6 is 0 Å². The summed E-state index contributed by atoms with van der Waals surface area (Å²) in [6, 6.07) is 1.62. The molecule has 0 radical (unpaired) electrons. The van der Waals surface area contributed by atoms with Crippen LogP contribution in [0, 0.1) is 6.92 Å². The van der Waals surface area contributed by atoms with Crippen molar-refractivity contribution in [2.24, 2.45) is 0 Å². The van der Waals surface area contributed by atoms with Crippen molar-refractivity contribution in [3.05, 3.63) is 23.7 Å². The molecule has 0 bridgehead atoms. The molecule has 20 heavy (non-hydrogen) atoms. The average Bonchev–Trinajstić information content (AvgIpc) is 2.74. The number of aliphatic carboxylic acids is 1. The molecule has 1 unspecified atom stereocenters. The minimum absolute atomic E-state index is 0.0465. The van der Waals surface area contributed by atoms with Gasteiger partial charge >= 0.3 is 12.0 Å². The first-order valence-corrected chi connectivity index (χ1v) is 6.66. The lowest BCUT2D eigenvalue weighted by Crippen LogP contribution is -2.41. The summed E-state index contributed by atoms with van der Waals surface area (Å²) in [6.07, 6.45) is 2.94. The second-order valence-electron chi connectivity index (χ2n) is 4.99. The van der Waals surface area contributed by atoms with E-state index in [-0.39, 0.29) is 18.5 Å². The number of aryl methyl sites for hydroxylation is 1. The number of carbonyl (C=O) groups is 2. The van der Waals surface area contributed by atoms with Crippen LogP contribution < -0.4 is 5.32 Å². The summed E-state index contributed by atoms with van der Waals surface area (Å²) in [5, 5.41) is 11.4. The lowest BCUT2D eigenvalue weighted by Gasteiger charge is -2.21. The van der Waals surface area contributed by atoms with E-state index in [4.69, 9.17) is 9.52 Å². The SMILES string of the molecule is Cc1occc1CN(C)C(=O)NC(C)CCCC(=O)O. The van der Waals surface area contributed by atoms with E-state index in [1.54, 1.807) is 18.2 Å². The number of hydrogen-bond donors (Lipinski definition) is 2. The molecule has 1 rings (SSSR count). The Hall–Kier alpha value is -1.98. The predicted molar refractivity (Wildman–Crippen MR) is 74.4 cm³/mol. The third-order valence-electron chi connectivity index (χ3n) is 3.12. The van der Waals surface area contributed by atoms with Gasteiger partial charge in [-0.05, 0) is 32.8 Å². The quantitative estimate of drug-likeness (QED) is 0.804. The lowest BCUT2D eigenvalue weighted by molar-refractivity contribution is -0.137. The highest BCUT2D eigenvalue weighted by Crippen LogP contribution is 2.11. The third-order valence-corrected chi connectivity index (χ3v) is 3.12. The predicted octanol–water partition coefficient (Wildman–Crippen LogP) is 2.37. The van der Waals surface area contributed by atoms with Gasteiger partial charge in [0.2, 0.25) is 0 Å². The highest BCUT2D eigenvalue weighted by Gasteiger charge is 2.14. The van der Waals surface area contributed by atoms with E-state index in [0.717, 1.165) is 11.3 Å². The Bertz CT molecular complexity index is 456. The fourth-order valence-electron chi connectivity index (χ4n) is 1.86. The number of nitrogens with zero attached hydrogens (tertiary/aromatic N) is 1. The molecule has 1 atom stereocenters. The zero-order chi connectivity index (χ0) is 15.1. The maximum Gasteiger partial charge on any atom is 0.317 e. The molecule has 0 aromatic carbocycles. The number of rotatable bonds is 7. The molecule has 0 saturated heterocycles. The first-order valence-electron chi connectivity index (χ1n) is 6.66. The summed E-state index contributed by atoms with van der Waals surface area (Å²) >= 11 is 0. The molecule has 112 valence electrons. The second kappa shape index (κ2) is 7.57. The Labute approximate surface area is 118 Å². The fraction of sp³-hybridized carbons (Fsp3) is 0.571. The Morgan fingerprint density at radius 2 is 2.20 bits per heavy atom. The number of nitrogens with one attached hydrogen (secondary N) is 1. The molecule has 6 nitrogen and oxygen atoms in total. The maximum atomic E-state index is 12.0. The lowest BCUT2D eigenvalue weighted by atomic mass is 10.1. The molecule has 0 aliphatic carbocycles. The number of hydrogen-bond acceptors (Lipinski definition) is 3. The van der Waals surface area contributed by atoms with Crippen molar-refractivity contribution in [2.45, 2.75) is 45.7 Å². The van der Waals surface area contributed by atoms with Crippen LogP contribution in [-0.2, 0) is 11.3 Å². The van der Waals surface area contributed by atoms with Crippen LogP contribution in [-0.4, -0.2) is 35.1 Å². The molecule has 0 spiro atoms. The average molecular weight is 282 g/mol. The largest absolute Gasteiger partial charge is 0.481 e. The monoisotopic (exact) mass is 282 g/mol. The third kappa shape index (κ3) is 5.34. The molecule has 1 aromatic heterocycles. The fourth-order valence-corrected chi connectivity index (χ4v) is 1.86. The highest BCUT2D eigenvalue weighted by atomic mass is 16.4. The number of urea groups is 1. The molecule has 0 aliphatic heterocycles. The van der Waals surface area contributed by atoms with Crippen molar-refractivity contribution in [1.82, 2.24) is 10.2 Å². The Balaban J connectivity index is 2.34. The number of carbonyl (C=O) groups excluding carboxylic acids is 1. The highest BCUT2D eigenvalue weighted by molar-refractivity contribution is 5.74. The summed E-state index contributed by atoms with van der Waals surface area (Å²) < 4.78 is 5.19. The van der Waals surface area contributed by atoms with Crippen LogP contribution in [0.15, 0.2) is 16.7 Å². The normalized spacial score (nSPS) is 11.9. The Morgan fingerprint density at radius 3 is 2.75 bits per heavy atom. The van der Waals surface area contributed by atoms with E-state index in [1.807, 2.05) is 19.9 Å². The van der Waals surface area contributed by atoms with Crippen LogP contribution in [0.25, 0.3) is 0 Å². The second-order valence-corrected chi connectivity index (χ2v) is 4.99. The number of carboxylic acid groups (broad SMARTS) is 1. The van der Waals surface area contributed by atoms with Gasteiger partial charge in [0.15, 0.2) is 0 Å². The van der Waals surface area contributed by atoms with Gasteiger partial charge in [0.05, 0.1) is 12.8 Å². The van der Waals surface area contributed by atoms with Crippen LogP contribution in [0.5, 0.6) is 0 Å². The van der Waals surface area contributed by atoms with Gasteiger partial charge in [-0.25, -0.2) is 4.79 Å². The molecular formula is C14H22N2O4. The molecular weight excluding hydrogens is 260 g/mol. The van der Waals surface area contributed by atoms with Crippen molar-refractivity contribution in [3.63, 3.8) is 0 Å². The van der Waals surface area contributed by atoms with Gasteiger partial charge in [-0.15, -0.1) is 0 Å². The van der Waals surface area contributed by atoms with Crippen LogP contribution in [0.1, 0.15) is 37.5 Å². The summed E-state index contributed by atoms with van der Waals surface area (Å²) in [5.74, 6) is -0.00441. The first-order chi connectivity index (χ1) is 9.40. The molecule has 1 heterocycles. The minimum atomic E-state index is -0.809. The van der Waals surface area contributed by atoms with Crippen LogP contribution in [0.3, 0.4) is 0 Å². The summed E-state index contributed by atoms with van der Waals surface area (Å²) in [7, 11) is 1.71. The summed E-state index contributed by atoms with van der Waals surface area (Å²) in [5.41, 5.74) is 0.973. The van der Waals surface area contributed by atoms with E-state index >= 15 is 0 Å². The van der Waals surface area contributed by atoms with Crippen LogP contribution in [0.4, 0.5) is 4.79 Å². The van der Waals surface area contributed by atoms with Gasteiger partial charge in [0, 0.05) is 25.1 Å². The van der Waals surface area contributed by atoms with Gasteiger partial charge in [0.25, 0.3) is 0 Å². The maximum absolute atomic E-state index is 12.0. The standard InChI is InChI=1S/C14H22N2O4/c1-10(5-4-6-13(17)18)15-14(19)16(3)9-12-7-8-20-11(12)2/h7-8,10H,4-6,9H2,1-3H3,(H,15,19)(H,17,18). The molecule has 2 N–H and O–H groups in total. The molecule has 1 aromatic rings.